The Morgan fingerprint density at radius 1 is 1.06 bits per heavy atom. The van der Waals surface area contributed by atoms with Crippen LogP contribution >= 0.6 is 0 Å². The van der Waals surface area contributed by atoms with Gasteiger partial charge in [-0.2, -0.15) is 9.36 Å². The summed E-state index contributed by atoms with van der Waals surface area (Å²) in [6, 6.07) is 6.34. The Morgan fingerprint density at radius 2 is 1.71 bits per heavy atom. The fraction of sp³-hybridized carbons (Fsp3) is 0.545. The van der Waals surface area contributed by atoms with Crippen LogP contribution in [0.15, 0.2) is 29.1 Å². The van der Waals surface area contributed by atoms with Crippen LogP contribution in [-0.2, 0) is 22.7 Å². The van der Waals surface area contributed by atoms with Gasteiger partial charge in [0.25, 0.3) is 0 Å². The van der Waals surface area contributed by atoms with Gasteiger partial charge in [-0.25, -0.2) is 9.59 Å². The Kier molecular flexibility index (Phi) is 8.95. The lowest BCUT2D eigenvalue weighted by atomic mass is 10.0. The monoisotopic (exact) mass is 488 g/mol. The van der Waals surface area contributed by atoms with E-state index in [0.717, 1.165) is 31.6 Å². The third kappa shape index (κ3) is 6.88. The number of likely N-dealkylation sites (tertiary alicyclic amines) is 1. The lowest BCUT2D eigenvalue weighted by molar-refractivity contribution is -0.135. The number of benzene rings is 1. The van der Waals surface area contributed by atoms with Crippen molar-refractivity contribution in [3.63, 3.8) is 0 Å². The normalized spacial score (nSPS) is 14.5. The minimum atomic E-state index is -1.13. The van der Waals surface area contributed by atoms with Gasteiger partial charge in [-0.3, -0.25) is 9.59 Å². The van der Waals surface area contributed by atoms with Crippen molar-refractivity contribution >= 4 is 29.3 Å². The van der Waals surface area contributed by atoms with Gasteiger partial charge < -0.3 is 25.5 Å². The number of carbonyl (C=O) groups excluding carboxylic acids is 2. The van der Waals surface area contributed by atoms with Gasteiger partial charge in [0.15, 0.2) is 0 Å². The van der Waals surface area contributed by atoms with Crippen LogP contribution in [0.1, 0.15) is 33.1 Å². The van der Waals surface area contributed by atoms with Crippen molar-refractivity contribution in [2.75, 3.05) is 36.4 Å². The number of aliphatic carboxylic acids is 1. The van der Waals surface area contributed by atoms with E-state index < -0.39 is 18.5 Å². The molecule has 0 radical (unpaired) electrons. The lowest BCUT2D eigenvalue weighted by Gasteiger charge is -2.38. The van der Waals surface area contributed by atoms with Crippen molar-refractivity contribution in [1.29, 1.82) is 0 Å². The van der Waals surface area contributed by atoms with Crippen LogP contribution in [0, 0.1) is 0 Å². The summed E-state index contributed by atoms with van der Waals surface area (Å²) >= 11 is 0. The number of hydrogen-bond acceptors (Lipinski definition) is 7. The van der Waals surface area contributed by atoms with Crippen molar-refractivity contribution in [3.8, 4) is 0 Å². The molecule has 1 aromatic heterocycles. The third-order valence-corrected chi connectivity index (χ3v) is 5.92. The van der Waals surface area contributed by atoms with E-state index in [0.29, 0.717) is 31.7 Å². The number of piperidine rings is 1. The summed E-state index contributed by atoms with van der Waals surface area (Å²) in [6.45, 7) is 6.41. The standard InChI is InChI=1S/C22H32N8O5/c1-3-19(31)30(17-7-5-16(6-8-17)24-21(34)23-15-20(32)33)18-9-11-27(12-10-18)13-14-29-22(35)28(4-2)25-26-29/h5-8,18H,3-4,9-15H2,1-2H3,(H,32,33)(H2,23,24,34). The Balaban J connectivity index is 1.57. The molecule has 13 nitrogen and oxygen atoms in total. The van der Waals surface area contributed by atoms with E-state index in [1.807, 2.05) is 18.7 Å². The molecule has 1 aromatic carbocycles. The van der Waals surface area contributed by atoms with E-state index in [-0.39, 0.29) is 17.6 Å². The molecule has 0 bridgehead atoms. The van der Waals surface area contributed by atoms with Crippen LogP contribution in [0.3, 0.4) is 0 Å². The summed E-state index contributed by atoms with van der Waals surface area (Å²) < 4.78 is 2.70. The molecule has 1 fully saturated rings. The molecule has 0 spiro atoms. The van der Waals surface area contributed by atoms with Crippen molar-refractivity contribution in [3.05, 3.63) is 34.7 Å². The van der Waals surface area contributed by atoms with E-state index >= 15 is 0 Å². The van der Waals surface area contributed by atoms with E-state index in [9.17, 15) is 19.2 Å². The number of nitrogens with one attached hydrogen (secondary N) is 2. The average Bonchev–Trinajstić information content (AvgIpc) is 3.22. The third-order valence-electron chi connectivity index (χ3n) is 5.92. The number of aryl methyl sites for hydroxylation is 1. The van der Waals surface area contributed by atoms with Crippen LogP contribution in [0.5, 0.6) is 0 Å². The van der Waals surface area contributed by atoms with Crippen molar-refractivity contribution in [2.45, 2.75) is 52.2 Å². The predicted octanol–water partition coefficient (Wildman–Crippen LogP) is 0.573. The van der Waals surface area contributed by atoms with E-state index in [4.69, 9.17) is 5.11 Å². The largest absolute Gasteiger partial charge is 0.480 e. The van der Waals surface area contributed by atoms with Crippen LogP contribution in [0.4, 0.5) is 16.2 Å². The maximum atomic E-state index is 12.8. The molecule has 2 heterocycles. The second kappa shape index (κ2) is 12.1. The molecule has 1 saturated heterocycles. The molecule has 0 atom stereocenters. The number of carboxylic acid groups (broad SMARTS) is 1. The number of nitrogens with zero attached hydrogens (tertiary/aromatic N) is 6. The van der Waals surface area contributed by atoms with Crippen molar-refractivity contribution < 1.29 is 19.5 Å². The Labute approximate surface area is 202 Å². The first-order valence-corrected chi connectivity index (χ1v) is 11.7. The first-order chi connectivity index (χ1) is 16.8. The highest BCUT2D eigenvalue weighted by atomic mass is 16.4. The number of amides is 3. The van der Waals surface area contributed by atoms with E-state index in [2.05, 4.69) is 26.0 Å². The molecule has 1 aliphatic heterocycles. The van der Waals surface area contributed by atoms with E-state index in [1.54, 1.807) is 24.3 Å². The lowest BCUT2D eigenvalue weighted by Crippen LogP contribution is -2.48. The van der Waals surface area contributed by atoms with Gasteiger partial charge in [0.2, 0.25) is 5.91 Å². The van der Waals surface area contributed by atoms with Gasteiger partial charge in [0.05, 0.1) is 6.54 Å². The van der Waals surface area contributed by atoms with Gasteiger partial charge in [0.1, 0.15) is 6.54 Å². The highest BCUT2D eigenvalue weighted by Crippen LogP contribution is 2.26. The molecule has 0 aliphatic carbocycles. The molecule has 35 heavy (non-hydrogen) atoms. The number of tetrazole rings is 1. The summed E-state index contributed by atoms with van der Waals surface area (Å²) in [6.07, 6.45) is 1.95. The predicted molar refractivity (Wildman–Crippen MR) is 128 cm³/mol. The second-order valence-electron chi connectivity index (χ2n) is 8.24. The highest BCUT2D eigenvalue weighted by molar-refractivity contribution is 5.95. The van der Waals surface area contributed by atoms with Gasteiger partial charge in [0, 0.05) is 50.0 Å². The Bertz CT molecular complexity index is 1070. The minimum Gasteiger partial charge on any atom is -0.480 e. The number of carbonyl (C=O) groups is 3. The fourth-order valence-electron chi connectivity index (χ4n) is 4.05. The van der Waals surface area contributed by atoms with Crippen LogP contribution in [-0.4, -0.2) is 79.9 Å². The maximum absolute atomic E-state index is 12.8. The summed E-state index contributed by atoms with van der Waals surface area (Å²) in [5, 5.41) is 21.2. The SMILES string of the molecule is CCC(=O)N(c1ccc(NC(=O)NCC(=O)O)cc1)C1CCN(CCn2nnn(CC)c2=O)CC1. The number of urea groups is 1. The Hall–Kier alpha value is -3.74. The summed E-state index contributed by atoms with van der Waals surface area (Å²) in [4.78, 5) is 51.3. The van der Waals surface area contributed by atoms with Crippen molar-refractivity contribution in [2.24, 2.45) is 0 Å². The van der Waals surface area contributed by atoms with Gasteiger partial charge in [-0.15, -0.1) is 0 Å². The molecular formula is C22H32N8O5. The molecule has 190 valence electrons. The molecule has 1 aliphatic rings. The molecular weight excluding hydrogens is 456 g/mol. The topological polar surface area (TPSA) is 155 Å². The fourth-order valence-corrected chi connectivity index (χ4v) is 4.05. The molecule has 0 unspecified atom stereocenters. The Morgan fingerprint density at radius 3 is 2.29 bits per heavy atom. The summed E-state index contributed by atoms with van der Waals surface area (Å²) in [5.74, 6) is -1.11. The maximum Gasteiger partial charge on any atom is 0.363 e. The quantitative estimate of drug-likeness (QED) is 0.439. The highest BCUT2D eigenvalue weighted by Gasteiger charge is 2.28. The summed E-state index contributed by atoms with van der Waals surface area (Å²) in [7, 11) is 0. The first-order valence-electron chi connectivity index (χ1n) is 11.7. The smallest absolute Gasteiger partial charge is 0.363 e. The van der Waals surface area contributed by atoms with Crippen molar-refractivity contribution in [1.82, 2.24) is 30.0 Å². The zero-order valence-corrected chi connectivity index (χ0v) is 20.0. The van der Waals surface area contributed by atoms with Gasteiger partial charge in [-0.05, 0) is 54.5 Å². The van der Waals surface area contributed by atoms with E-state index in [1.165, 1.54) is 9.36 Å². The average molecular weight is 489 g/mol. The number of anilines is 2. The zero-order chi connectivity index (χ0) is 25.4. The second-order valence-corrected chi connectivity index (χ2v) is 8.24. The number of aromatic nitrogens is 4. The molecule has 2 aromatic rings. The molecule has 13 heteroatoms. The molecule has 0 saturated carbocycles. The first kappa shape index (κ1) is 25.9. The van der Waals surface area contributed by atoms with Gasteiger partial charge >= 0.3 is 17.7 Å². The van der Waals surface area contributed by atoms with Crippen LogP contribution in [0.25, 0.3) is 0 Å². The zero-order valence-electron chi connectivity index (χ0n) is 20.0. The molecule has 3 N–H and O–H groups in total. The molecule has 3 rings (SSSR count). The number of hydrogen-bond donors (Lipinski definition) is 3. The summed E-state index contributed by atoms with van der Waals surface area (Å²) in [5.41, 5.74) is 1.03. The van der Waals surface area contributed by atoms with Crippen LogP contribution in [0.2, 0.25) is 0 Å². The minimum absolute atomic E-state index is 0.0195. The molecule has 3 amide bonds. The number of rotatable bonds is 10. The van der Waals surface area contributed by atoms with Crippen LogP contribution < -0.4 is 21.2 Å². The van der Waals surface area contributed by atoms with Gasteiger partial charge in [-0.1, -0.05) is 6.92 Å². The number of carboxylic acids is 1.